The molecule has 0 aliphatic carbocycles. The highest BCUT2D eigenvalue weighted by Crippen LogP contribution is 2.41. The van der Waals surface area contributed by atoms with E-state index < -0.39 is 6.10 Å². The van der Waals surface area contributed by atoms with Crippen LogP contribution in [0.25, 0.3) is 0 Å². The van der Waals surface area contributed by atoms with Crippen molar-refractivity contribution < 1.29 is 19.0 Å². The molecule has 1 atom stereocenters. The molecule has 1 aliphatic rings. The molecule has 3 aromatic rings. The number of hydrogen-bond acceptors (Lipinski definition) is 7. The van der Waals surface area contributed by atoms with Crippen LogP contribution in [-0.2, 0) is 0 Å². The summed E-state index contributed by atoms with van der Waals surface area (Å²) in [5.41, 5.74) is 0.997. The molecule has 2 N–H and O–H groups in total. The second kappa shape index (κ2) is 9.08. The number of nitrogens with zero attached hydrogens (tertiary/aromatic N) is 3. The van der Waals surface area contributed by atoms with Gasteiger partial charge in [0.2, 0.25) is 0 Å². The molecule has 154 valence electrons. The molecule has 0 saturated carbocycles. The van der Waals surface area contributed by atoms with Gasteiger partial charge in [-0.2, -0.15) is 0 Å². The third-order valence-electron chi connectivity index (χ3n) is 4.41. The molecule has 2 heterocycles. The Morgan fingerprint density at radius 1 is 1.27 bits per heavy atom. The zero-order valence-corrected chi connectivity index (χ0v) is 16.4. The van der Waals surface area contributed by atoms with Gasteiger partial charge in [0.05, 0.1) is 5.69 Å². The third kappa shape index (κ3) is 4.40. The minimum Gasteiger partial charge on any atom is -0.490 e. The maximum Gasteiger partial charge on any atom is 0.255 e. The largest absolute Gasteiger partial charge is 0.490 e. The van der Waals surface area contributed by atoms with Gasteiger partial charge in [0, 0.05) is 5.56 Å². The van der Waals surface area contributed by atoms with E-state index in [1.165, 1.54) is 0 Å². The number of carbonyl (C=O) groups excluding carboxylic acids is 1. The summed E-state index contributed by atoms with van der Waals surface area (Å²) in [4.78, 5) is 12.7. The summed E-state index contributed by atoms with van der Waals surface area (Å²) in [5, 5.41) is 16.5. The van der Waals surface area contributed by atoms with Gasteiger partial charge in [-0.3, -0.25) is 4.79 Å². The fourth-order valence-corrected chi connectivity index (χ4v) is 2.90. The van der Waals surface area contributed by atoms with Gasteiger partial charge >= 0.3 is 0 Å². The Morgan fingerprint density at radius 2 is 2.13 bits per heavy atom. The predicted molar refractivity (Wildman–Crippen MR) is 109 cm³/mol. The number of ether oxygens (including phenoxy) is 3. The quantitative estimate of drug-likeness (QED) is 0.578. The first-order chi connectivity index (χ1) is 14.7. The van der Waals surface area contributed by atoms with Crippen molar-refractivity contribution in [2.45, 2.75) is 19.4 Å². The van der Waals surface area contributed by atoms with Crippen LogP contribution in [-0.4, -0.2) is 39.7 Å². The SMILES string of the molecule is CC/C=C/COc1ccc(C(=O)Nc2cccc3c2OC(c2nnn[nH]2)CO3)cc1. The number of rotatable bonds is 7. The van der Waals surface area contributed by atoms with Crippen LogP contribution in [0.15, 0.2) is 54.6 Å². The topological polar surface area (TPSA) is 111 Å². The highest BCUT2D eigenvalue weighted by molar-refractivity contribution is 6.05. The molecule has 4 rings (SSSR count). The van der Waals surface area contributed by atoms with E-state index in [1.807, 2.05) is 12.2 Å². The third-order valence-corrected chi connectivity index (χ3v) is 4.41. The van der Waals surface area contributed by atoms with Crippen molar-refractivity contribution >= 4 is 11.6 Å². The number of aromatic amines is 1. The van der Waals surface area contributed by atoms with Crippen molar-refractivity contribution in [3.8, 4) is 17.2 Å². The fourth-order valence-electron chi connectivity index (χ4n) is 2.90. The van der Waals surface area contributed by atoms with Crippen LogP contribution >= 0.6 is 0 Å². The number of carbonyl (C=O) groups is 1. The minimum atomic E-state index is -0.497. The second-order valence-corrected chi connectivity index (χ2v) is 6.51. The molecule has 1 amide bonds. The Kier molecular flexibility index (Phi) is 5.88. The van der Waals surface area contributed by atoms with E-state index in [1.54, 1.807) is 42.5 Å². The first-order valence-corrected chi connectivity index (χ1v) is 9.60. The van der Waals surface area contributed by atoms with Crippen LogP contribution in [0, 0.1) is 0 Å². The number of amides is 1. The summed E-state index contributed by atoms with van der Waals surface area (Å²) in [7, 11) is 0. The summed E-state index contributed by atoms with van der Waals surface area (Å²) in [5.74, 6) is 1.85. The zero-order chi connectivity index (χ0) is 20.8. The standard InChI is InChI=1S/C21H21N5O4/c1-2-3-4-12-28-15-10-8-14(9-11-15)21(27)22-16-6-5-7-17-19(16)30-18(13-29-17)20-23-25-26-24-20/h3-11,18H,2,12-13H2,1H3,(H,22,27)(H,23,24,25,26)/b4-3+. The van der Waals surface area contributed by atoms with Crippen molar-refractivity contribution in [3.63, 3.8) is 0 Å². The lowest BCUT2D eigenvalue weighted by molar-refractivity contribution is 0.0856. The number of nitrogens with one attached hydrogen (secondary N) is 2. The van der Waals surface area contributed by atoms with Crippen LogP contribution in [0.3, 0.4) is 0 Å². The first kappa shape index (κ1) is 19.4. The molecule has 9 heteroatoms. The van der Waals surface area contributed by atoms with Crippen molar-refractivity contribution in [1.29, 1.82) is 0 Å². The summed E-state index contributed by atoms with van der Waals surface area (Å²) in [6.07, 6.45) is 4.47. The summed E-state index contributed by atoms with van der Waals surface area (Å²) in [6, 6.07) is 12.3. The number of aromatic nitrogens is 4. The van der Waals surface area contributed by atoms with Crippen molar-refractivity contribution in [1.82, 2.24) is 20.6 Å². The van der Waals surface area contributed by atoms with E-state index in [0.717, 1.165) is 6.42 Å². The molecule has 1 unspecified atom stereocenters. The van der Waals surface area contributed by atoms with Gasteiger partial charge in [0.25, 0.3) is 5.91 Å². The normalized spacial score (nSPS) is 15.2. The van der Waals surface area contributed by atoms with Crippen molar-refractivity contribution in [3.05, 3.63) is 66.0 Å². The average molecular weight is 407 g/mol. The van der Waals surface area contributed by atoms with Gasteiger partial charge in [0.15, 0.2) is 23.4 Å². The van der Waals surface area contributed by atoms with E-state index in [9.17, 15) is 4.79 Å². The number of hydrogen-bond donors (Lipinski definition) is 2. The van der Waals surface area contributed by atoms with E-state index in [4.69, 9.17) is 14.2 Å². The Morgan fingerprint density at radius 3 is 2.90 bits per heavy atom. The summed E-state index contributed by atoms with van der Waals surface area (Å²) in [6.45, 7) is 2.82. The Bertz CT molecular complexity index is 1020. The van der Waals surface area contributed by atoms with Gasteiger partial charge in [0.1, 0.15) is 19.0 Å². The molecular formula is C21H21N5O4. The summed E-state index contributed by atoms with van der Waals surface area (Å²) >= 11 is 0. The van der Waals surface area contributed by atoms with Gasteiger partial charge in [-0.15, -0.1) is 5.10 Å². The first-order valence-electron chi connectivity index (χ1n) is 9.60. The monoisotopic (exact) mass is 407 g/mol. The molecule has 9 nitrogen and oxygen atoms in total. The van der Waals surface area contributed by atoms with Crippen molar-refractivity contribution in [2.24, 2.45) is 0 Å². The number of fused-ring (bicyclic) bond motifs is 1. The van der Waals surface area contributed by atoms with Crippen LogP contribution in [0.1, 0.15) is 35.6 Å². The highest BCUT2D eigenvalue weighted by atomic mass is 16.6. The van der Waals surface area contributed by atoms with Crippen LogP contribution in [0.4, 0.5) is 5.69 Å². The van der Waals surface area contributed by atoms with Crippen LogP contribution in [0.2, 0.25) is 0 Å². The number of H-pyrrole nitrogens is 1. The number of benzene rings is 2. The fraction of sp³-hybridized carbons (Fsp3) is 0.238. The molecule has 30 heavy (non-hydrogen) atoms. The zero-order valence-electron chi connectivity index (χ0n) is 16.4. The minimum absolute atomic E-state index is 0.260. The number of anilines is 1. The van der Waals surface area contributed by atoms with E-state index in [2.05, 4.69) is 32.9 Å². The maximum atomic E-state index is 12.7. The lowest BCUT2D eigenvalue weighted by Crippen LogP contribution is -2.24. The van der Waals surface area contributed by atoms with Crippen LogP contribution in [0.5, 0.6) is 17.2 Å². The molecule has 0 bridgehead atoms. The molecule has 1 aromatic heterocycles. The molecule has 0 fully saturated rings. The molecule has 2 aromatic carbocycles. The second-order valence-electron chi connectivity index (χ2n) is 6.51. The molecule has 0 radical (unpaired) electrons. The Labute approximate surface area is 173 Å². The maximum absolute atomic E-state index is 12.7. The lowest BCUT2D eigenvalue weighted by Gasteiger charge is -2.26. The Balaban J connectivity index is 1.45. The average Bonchev–Trinajstić information content (AvgIpc) is 3.32. The smallest absolute Gasteiger partial charge is 0.255 e. The number of tetrazole rings is 1. The molecular weight excluding hydrogens is 386 g/mol. The lowest BCUT2D eigenvalue weighted by atomic mass is 10.2. The van der Waals surface area contributed by atoms with Gasteiger partial charge in [-0.05, 0) is 53.2 Å². The number of allylic oxidation sites excluding steroid dienone is 1. The molecule has 1 aliphatic heterocycles. The molecule has 0 spiro atoms. The van der Waals surface area contributed by atoms with Crippen molar-refractivity contribution in [2.75, 3.05) is 18.5 Å². The van der Waals surface area contributed by atoms with Gasteiger partial charge < -0.3 is 19.5 Å². The van der Waals surface area contributed by atoms with Gasteiger partial charge in [-0.25, -0.2) is 5.10 Å². The Hall–Kier alpha value is -3.88. The van der Waals surface area contributed by atoms with E-state index in [0.29, 0.717) is 40.9 Å². The van der Waals surface area contributed by atoms with E-state index >= 15 is 0 Å². The number of para-hydroxylation sites is 1. The predicted octanol–water partition coefficient (Wildman–Crippen LogP) is 3.31. The van der Waals surface area contributed by atoms with Gasteiger partial charge in [-0.1, -0.05) is 25.1 Å². The van der Waals surface area contributed by atoms with E-state index in [-0.39, 0.29) is 12.5 Å². The highest BCUT2D eigenvalue weighted by Gasteiger charge is 2.28. The summed E-state index contributed by atoms with van der Waals surface area (Å²) < 4.78 is 17.3. The van der Waals surface area contributed by atoms with Crippen LogP contribution < -0.4 is 19.5 Å². The molecule has 0 saturated heterocycles.